The maximum atomic E-state index is 12.1. The van der Waals surface area contributed by atoms with Gasteiger partial charge in [-0.15, -0.1) is 0 Å². The summed E-state index contributed by atoms with van der Waals surface area (Å²) in [4.78, 5) is 36.6. The first-order valence-corrected chi connectivity index (χ1v) is 8.46. The van der Waals surface area contributed by atoms with Gasteiger partial charge in [-0.25, -0.2) is 0 Å². The van der Waals surface area contributed by atoms with Crippen LogP contribution in [0.15, 0.2) is 47.1 Å². The summed E-state index contributed by atoms with van der Waals surface area (Å²) in [6.45, 7) is -0.572. The third kappa shape index (κ3) is 4.25. The minimum absolute atomic E-state index is 0.00901. The van der Waals surface area contributed by atoms with Crippen molar-refractivity contribution in [3.8, 4) is 0 Å². The van der Waals surface area contributed by atoms with Crippen molar-refractivity contribution in [2.45, 2.75) is 6.42 Å². The van der Waals surface area contributed by atoms with Gasteiger partial charge in [-0.3, -0.25) is 14.4 Å². The Balaban J connectivity index is 1.62. The fourth-order valence-corrected chi connectivity index (χ4v) is 2.74. The summed E-state index contributed by atoms with van der Waals surface area (Å²) >= 11 is 0. The Morgan fingerprint density at radius 1 is 1.11 bits per heavy atom. The summed E-state index contributed by atoms with van der Waals surface area (Å²) in [5.74, 6) is -1.31. The lowest BCUT2D eigenvalue weighted by Gasteiger charge is -2.11. The van der Waals surface area contributed by atoms with Crippen LogP contribution in [-0.2, 0) is 25.5 Å². The number of carbonyl (C=O) groups is 3. The average Bonchev–Trinajstić information content (AvgIpc) is 3.07. The molecule has 0 aliphatic carbocycles. The summed E-state index contributed by atoms with van der Waals surface area (Å²) in [5, 5.41) is 5.31. The maximum absolute atomic E-state index is 12.1. The van der Waals surface area contributed by atoms with E-state index in [9.17, 15) is 14.4 Å². The minimum Gasteiger partial charge on any atom is -0.464 e. The first kappa shape index (κ1) is 18.4. The van der Waals surface area contributed by atoms with Gasteiger partial charge in [-0.05, 0) is 16.8 Å². The lowest BCUT2D eigenvalue weighted by Crippen LogP contribution is -2.38. The molecule has 0 spiro atoms. The third-order valence-electron chi connectivity index (χ3n) is 4.17. The molecule has 0 bridgehead atoms. The number of rotatable bonds is 6. The van der Waals surface area contributed by atoms with Crippen LogP contribution in [0, 0.1) is 0 Å². The zero-order chi connectivity index (χ0) is 19.4. The van der Waals surface area contributed by atoms with E-state index in [0.717, 1.165) is 16.2 Å². The van der Waals surface area contributed by atoms with Crippen LogP contribution in [0.3, 0.4) is 0 Å². The normalized spacial score (nSPS) is 10.7. The van der Waals surface area contributed by atoms with Gasteiger partial charge < -0.3 is 19.4 Å². The molecule has 0 unspecified atom stereocenters. The molecule has 0 radical (unpaired) electrons. The van der Waals surface area contributed by atoms with E-state index in [1.165, 1.54) is 11.2 Å². The van der Waals surface area contributed by atoms with Crippen molar-refractivity contribution in [2.75, 3.05) is 27.2 Å². The second-order valence-corrected chi connectivity index (χ2v) is 6.32. The standard InChI is InChI=1S/C20H20N2O5/c1-22(2)18(24)10-21-17(23)12-27-19(25)9-14-11-26-16-8-7-13-5-3-4-6-15(13)20(14)16/h3-8,11H,9-10,12H2,1-2H3,(H,21,23). The Kier molecular flexibility index (Phi) is 5.40. The molecule has 140 valence electrons. The fourth-order valence-electron chi connectivity index (χ4n) is 2.74. The smallest absolute Gasteiger partial charge is 0.310 e. The van der Waals surface area contributed by atoms with Gasteiger partial charge >= 0.3 is 5.97 Å². The quantitative estimate of drug-likeness (QED) is 0.671. The Labute approximate surface area is 155 Å². The highest BCUT2D eigenvalue weighted by Gasteiger charge is 2.15. The Morgan fingerprint density at radius 3 is 2.67 bits per heavy atom. The van der Waals surface area contributed by atoms with Crippen molar-refractivity contribution in [3.05, 3.63) is 48.2 Å². The molecule has 2 amide bonds. The van der Waals surface area contributed by atoms with E-state index in [-0.39, 0.29) is 18.9 Å². The number of amides is 2. The fraction of sp³-hybridized carbons (Fsp3) is 0.250. The Bertz CT molecular complexity index is 1010. The molecule has 3 aromatic rings. The SMILES string of the molecule is CN(C)C(=O)CNC(=O)COC(=O)Cc1coc2ccc3ccccc3c12. The molecule has 1 heterocycles. The third-order valence-corrected chi connectivity index (χ3v) is 4.17. The van der Waals surface area contributed by atoms with Gasteiger partial charge in [0.15, 0.2) is 6.61 Å². The lowest BCUT2D eigenvalue weighted by molar-refractivity contribution is -0.148. The number of furan rings is 1. The number of nitrogens with one attached hydrogen (secondary N) is 1. The number of ether oxygens (including phenoxy) is 1. The van der Waals surface area contributed by atoms with Crippen molar-refractivity contribution < 1.29 is 23.5 Å². The first-order chi connectivity index (χ1) is 13.0. The predicted molar refractivity (Wildman–Crippen MR) is 100 cm³/mol. The van der Waals surface area contributed by atoms with Crippen LogP contribution >= 0.6 is 0 Å². The molecule has 2 aromatic carbocycles. The van der Waals surface area contributed by atoms with Gasteiger partial charge in [0.1, 0.15) is 5.58 Å². The lowest BCUT2D eigenvalue weighted by atomic mass is 10.0. The number of benzene rings is 2. The van der Waals surface area contributed by atoms with Gasteiger partial charge in [0.25, 0.3) is 5.91 Å². The highest BCUT2D eigenvalue weighted by molar-refractivity contribution is 6.08. The van der Waals surface area contributed by atoms with E-state index >= 15 is 0 Å². The highest BCUT2D eigenvalue weighted by Crippen LogP contribution is 2.30. The molecule has 0 atom stereocenters. The molecular weight excluding hydrogens is 348 g/mol. The number of hydrogen-bond donors (Lipinski definition) is 1. The maximum Gasteiger partial charge on any atom is 0.310 e. The zero-order valence-corrected chi connectivity index (χ0v) is 15.2. The minimum atomic E-state index is -0.542. The van der Waals surface area contributed by atoms with E-state index in [1.54, 1.807) is 14.1 Å². The summed E-state index contributed by atoms with van der Waals surface area (Å²) in [7, 11) is 3.18. The van der Waals surface area contributed by atoms with Crippen LogP contribution in [-0.4, -0.2) is 49.9 Å². The van der Waals surface area contributed by atoms with Gasteiger partial charge in [0.05, 0.1) is 19.2 Å². The van der Waals surface area contributed by atoms with E-state index in [4.69, 9.17) is 9.15 Å². The highest BCUT2D eigenvalue weighted by atomic mass is 16.5. The number of carbonyl (C=O) groups excluding carboxylic acids is 3. The molecule has 7 heteroatoms. The Morgan fingerprint density at radius 2 is 1.89 bits per heavy atom. The van der Waals surface area contributed by atoms with Gasteiger partial charge in [-0.1, -0.05) is 30.3 Å². The largest absolute Gasteiger partial charge is 0.464 e. The molecule has 0 aliphatic rings. The molecule has 0 saturated heterocycles. The van der Waals surface area contributed by atoms with Crippen LogP contribution in [0.4, 0.5) is 0 Å². The number of fused-ring (bicyclic) bond motifs is 3. The molecule has 3 rings (SSSR count). The molecule has 27 heavy (non-hydrogen) atoms. The molecule has 0 aliphatic heterocycles. The van der Waals surface area contributed by atoms with Crippen molar-refractivity contribution in [2.24, 2.45) is 0 Å². The van der Waals surface area contributed by atoms with Crippen LogP contribution in [0.25, 0.3) is 21.7 Å². The molecule has 0 saturated carbocycles. The van der Waals surface area contributed by atoms with Crippen LogP contribution in [0.5, 0.6) is 0 Å². The zero-order valence-electron chi connectivity index (χ0n) is 15.2. The molecule has 1 aromatic heterocycles. The van der Waals surface area contributed by atoms with Crippen molar-refractivity contribution >= 4 is 39.5 Å². The number of esters is 1. The first-order valence-electron chi connectivity index (χ1n) is 8.46. The summed E-state index contributed by atoms with van der Waals surface area (Å²) in [5.41, 5.74) is 1.39. The van der Waals surface area contributed by atoms with Crippen molar-refractivity contribution in [1.29, 1.82) is 0 Å². The van der Waals surface area contributed by atoms with Crippen molar-refractivity contribution in [3.63, 3.8) is 0 Å². The van der Waals surface area contributed by atoms with E-state index < -0.39 is 18.5 Å². The Hall–Kier alpha value is -3.35. The van der Waals surface area contributed by atoms with Gasteiger partial charge in [-0.2, -0.15) is 0 Å². The van der Waals surface area contributed by atoms with Crippen LogP contribution in [0.2, 0.25) is 0 Å². The number of likely N-dealkylation sites (N-methyl/N-ethyl adjacent to an activating group) is 1. The van der Waals surface area contributed by atoms with E-state index in [2.05, 4.69) is 5.32 Å². The summed E-state index contributed by atoms with van der Waals surface area (Å²) < 4.78 is 10.6. The topological polar surface area (TPSA) is 88.9 Å². The average molecular weight is 368 g/mol. The molecular formula is C20H20N2O5. The summed E-state index contributed by atoms with van der Waals surface area (Å²) in [6, 6.07) is 11.7. The number of nitrogens with zero attached hydrogens (tertiary/aromatic N) is 1. The van der Waals surface area contributed by atoms with Gasteiger partial charge in [0, 0.05) is 25.0 Å². The molecule has 0 fully saturated rings. The van der Waals surface area contributed by atoms with E-state index in [0.29, 0.717) is 11.1 Å². The predicted octanol–water partition coefficient (Wildman–Crippen LogP) is 1.88. The number of hydrogen-bond acceptors (Lipinski definition) is 5. The van der Waals surface area contributed by atoms with Crippen LogP contribution in [0.1, 0.15) is 5.56 Å². The van der Waals surface area contributed by atoms with Crippen LogP contribution < -0.4 is 5.32 Å². The molecule has 7 nitrogen and oxygen atoms in total. The van der Waals surface area contributed by atoms with Gasteiger partial charge in [0.2, 0.25) is 5.91 Å². The summed E-state index contributed by atoms with van der Waals surface area (Å²) in [6.07, 6.45) is 1.53. The van der Waals surface area contributed by atoms with E-state index in [1.807, 2.05) is 36.4 Å². The second-order valence-electron chi connectivity index (χ2n) is 6.32. The van der Waals surface area contributed by atoms with Crippen molar-refractivity contribution in [1.82, 2.24) is 10.2 Å². The molecule has 1 N–H and O–H groups in total. The second kappa shape index (κ2) is 7.90. The monoisotopic (exact) mass is 368 g/mol.